The Bertz CT molecular complexity index is 496. The second-order valence-electron chi connectivity index (χ2n) is 3.88. The van der Waals surface area contributed by atoms with Gasteiger partial charge >= 0.3 is 0 Å². The van der Waals surface area contributed by atoms with Crippen LogP contribution < -0.4 is 0 Å². The standard InChI is InChI=1S/C14H13ClFN/c1-2-12(10-5-7-11(15)8-6-10)14-13(16)4-3-9-17-14/h3-9,12H,2H2,1H3. The normalized spacial score (nSPS) is 12.4. The smallest absolute Gasteiger partial charge is 0.145 e. The molecule has 2 aromatic rings. The van der Waals surface area contributed by atoms with Crippen LogP contribution in [0.4, 0.5) is 4.39 Å². The van der Waals surface area contributed by atoms with Gasteiger partial charge in [-0.3, -0.25) is 4.98 Å². The van der Waals surface area contributed by atoms with Crippen molar-refractivity contribution in [3.63, 3.8) is 0 Å². The molecule has 0 aliphatic rings. The minimum atomic E-state index is -0.255. The highest BCUT2D eigenvalue weighted by Crippen LogP contribution is 2.28. The van der Waals surface area contributed by atoms with E-state index < -0.39 is 0 Å². The maximum atomic E-state index is 13.7. The second-order valence-corrected chi connectivity index (χ2v) is 4.32. The summed E-state index contributed by atoms with van der Waals surface area (Å²) in [5.41, 5.74) is 1.53. The van der Waals surface area contributed by atoms with Crippen LogP contribution in [-0.4, -0.2) is 4.98 Å². The maximum Gasteiger partial charge on any atom is 0.145 e. The summed E-state index contributed by atoms with van der Waals surface area (Å²) in [6, 6.07) is 10.5. The van der Waals surface area contributed by atoms with E-state index in [4.69, 9.17) is 11.6 Å². The first-order valence-electron chi connectivity index (χ1n) is 5.58. The molecule has 0 radical (unpaired) electrons. The SMILES string of the molecule is CCC(c1ccc(Cl)cc1)c1ncccc1F. The Morgan fingerprint density at radius 3 is 2.53 bits per heavy atom. The van der Waals surface area contributed by atoms with Crippen molar-refractivity contribution in [2.45, 2.75) is 19.3 Å². The molecule has 1 aromatic heterocycles. The van der Waals surface area contributed by atoms with Crippen molar-refractivity contribution in [3.05, 3.63) is 64.7 Å². The van der Waals surface area contributed by atoms with Gasteiger partial charge in [-0.25, -0.2) is 4.39 Å². The lowest BCUT2D eigenvalue weighted by molar-refractivity contribution is 0.577. The Morgan fingerprint density at radius 2 is 1.94 bits per heavy atom. The zero-order valence-electron chi connectivity index (χ0n) is 9.53. The lowest BCUT2D eigenvalue weighted by Gasteiger charge is -2.15. The van der Waals surface area contributed by atoms with Crippen LogP contribution in [-0.2, 0) is 0 Å². The van der Waals surface area contributed by atoms with Gasteiger partial charge in [-0.05, 0) is 36.2 Å². The molecule has 1 nitrogen and oxygen atoms in total. The molecule has 17 heavy (non-hydrogen) atoms. The van der Waals surface area contributed by atoms with Gasteiger partial charge in [0, 0.05) is 17.1 Å². The summed E-state index contributed by atoms with van der Waals surface area (Å²) in [5, 5.41) is 0.685. The van der Waals surface area contributed by atoms with E-state index in [1.807, 2.05) is 31.2 Å². The zero-order chi connectivity index (χ0) is 12.3. The van der Waals surface area contributed by atoms with Gasteiger partial charge in [-0.2, -0.15) is 0 Å². The fourth-order valence-electron chi connectivity index (χ4n) is 1.94. The van der Waals surface area contributed by atoms with Crippen LogP contribution in [0.15, 0.2) is 42.6 Å². The summed E-state index contributed by atoms with van der Waals surface area (Å²) in [4.78, 5) is 4.14. The van der Waals surface area contributed by atoms with E-state index in [2.05, 4.69) is 4.98 Å². The molecule has 1 atom stereocenters. The lowest BCUT2D eigenvalue weighted by atomic mass is 9.92. The Hall–Kier alpha value is -1.41. The van der Waals surface area contributed by atoms with Crippen molar-refractivity contribution in [1.82, 2.24) is 4.98 Å². The monoisotopic (exact) mass is 249 g/mol. The highest BCUT2D eigenvalue weighted by Gasteiger charge is 2.17. The number of pyridine rings is 1. The van der Waals surface area contributed by atoms with Crippen LogP contribution >= 0.6 is 11.6 Å². The van der Waals surface area contributed by atoms with E-state index in [9.17, 15) is 4.39 Å². The van der Waals surface area contributed by atoms with Gasteiger partial charge in [-0.15, -0.1) is 0 Å². The van der Waals surface area contributed by atoms with Crippen molar-refractivity contribution in [3.8, 4) is 0 Å². The number of rotatable bonds is 3. The molecular weight excluding hydrogens is 237 g/mol. The van der Waals surface area contributed by atoms with Crippen LogP contribution in [0, 0.1) is 5.82 Å². The van der Waals surface area contributed by atoms with Gasteiger partial charge < -0.3 is 0 Å². The average Bonchev–Trinajstić information content (AvgIpc) is 2.35. The first kappa shape index (κ1) is 12.1. The average molecular weight is 250 g/mol. The number of hydrogen-bond acceptors (Lipinski definition) is 1. The molecule has 1 heterocycles. The molecule has 0 aliphatic heterocycles. The van der Waals surface area contributed by atoms with Crippen LogP contribution in [0.3, 0.4) is 0 Å². The molecule has 88 valence electrons. The van der Waals surface area contributed by atoms with Gasteiger partial charge in [0.2, 0.25) is 0 Å². The molecule has 1 aromatic carbocycles. The van der Waals surface area contributed by atoms with E-state index >= 15 is 0 Å². The number of aromatic nitrogens is 1. The fraction of sp³-hybridized carbons (Fsp3) is 0.214. The van der Waals surface area contributed by atoms with E-state index in [0.29, 0.717) is 10.7 Å². The van der Waals surface area contributed by atoms with E-state index in [1.165, 1.54) is 6.07 Å². The van der Waals surface area contributed by atoms with Gasteiger partial charge in [-0.1, -0.05) is 30.7 Å². The van der Waals surface area contributed by atoms with Gasteiger partial charge in [0.05, 0.1) is 5.69 Å². The quantitative estimate of drug-likeness (QED) is 0.785. The van der Waals surface area contributed by atoms with E-state index in [-0.39, 0.29) is 11.7 Å². The minimum absolute atomic E-state index is 0.0199. The van der Waals surface area contributed by atoms with Crippen LogP contribution in [0.5, 0.6) is 0 Å². The molecule has 2 rings (SSSR count). The van der Waals surface area contributed by atoms with Gasteiger partial charge in [0.1, 0.15) is 5.82 Å². The molecule has 0 bridgehead atoms. The summed E-state index contributed by atoms with van der Waals surface area (Å²) in [5.74, 6) is -0.275. The summed E-state index contributed by atoms with van der Waals surface area (Å²) >= 11 is 5.85. The zero-order valence-corrected chi connectivity index (χ0v) is 10.3. The van der Waals surface area contributed by atoms with Gasteiger partial charge in [0.15, 0.2) is 0 Å². The predicted octanol–water partition coefficient (Wildman–Crippen LogP) is 4.42. The number of halogens is 2. The summed E-state index contributed by atoms with van der Waals surface area (Å²) in [6.45, 7) is 2.02. The van der Waals surface area contributed by atoms with Crippen LogP contribution in [0.1, 0.15) is 30.5 Å². The molecule has 0 aliphatic carbocycles. The third-order valence-electron chi connectivity index (χ3n) is 2.80. The fourth-order valence-corrected chi connectivity index (χ4v) is 2.06. The molecule has 0 spiro atoms. The van der Waals surface area contributed by atoms with E-state index in [1.54, 1.807) is 12.3 Å². The molecule has 0 amide bonds. The maximum absolute atomic E-state index is 13.7. The van der Waals surface area contributed by atoms with Crippen molar-refractivity contribution in [2.75, 3.05) is 0 Å². The summed E-state index contributed by atoms with van der Waals surface area (Å²) in [7, 11) is 0. The lowest BCUT2D eigenvalue weighted by Crippen LogP contribution is -2.04. The van der Waals surface area contributed by atoms with Gasteiger partial charge in [0.25, 0.3) is 0 Å². The van der Waals surface area contributed by atoms with Crippen molar-refractivity contribution in [2.24, 2.45) is 0 Å². The van der Waals surface area contributed by atoms with Crippen molar-refractivity contribution in [1.29, 1.82) is 0 Å². The molecule has 0 saturated heterocycles. The first-order chi connectivity index (χ1) is 8.22. The first-order valence-corrected chi connectivity index (χ1v) is 5.96. The van der Waals surface area contributed by atoms with Crippen molar-refractivity contribution < 1.29 is 4.39 Å². The Balaban J connectivity index is 2.40. The summed E-state index contributed by atoms with van der Waals surface area (Å²) < 4.78 is 13.7. The highest BCUT2D eigenvalue weighted by atomic mass is 35.5. The van der Waals surface area contributed by atoms with Crippen LogP contribution in [0.25, 0.3) is 0 Å². The molecule has 0 saturated carbocycles. The largest absolute Gasteiger partial charge is 0.258 e. The Kier molecular flexibility index (Phi) is 3.75. The topological polar surface area (TPSA) is 12.9 Å². The number of hydrogen-bond donors (Lipinski definition) is 0. The molecule has 1 unspecified atom stereocenters. The number of benzene rings is 1. The second kappa shape index (κ2) is 5.28. The molecule has 0 fully saturated rings. The summed E-state index contributed by atoms with van der Waals surface area (Å²) in [6.07, 6.45) is 2.42. The Morgan fingerprint density at radius 1 is 1.24 bits per heavy atom. The Labute approximate surface area is 105 Å². The predicted molar refractivity (Wildman–Crippen MR) is 67.8 cm³/mol. The highest BCUT2D eigenvalue weighted by molar-refractivity contribution is 6.30. The molecule has 0 N–H and O–H groups in total. The molecule has 3 heteroatoms. The minimum Gasteiger partial charge on any atom is -0.258 e. The third kappa shape index (κ3) is 2.64. The third-order valence-corrected chi connectivity index (χ3v) is 3.05. The van der Waals surface area contributed by atoms with E-state index in [0.717, 1.165) is 12.0 Å². The number of nitrogens with zero attached hydrogens (tertiary/aromatic N) is 1. The van der Waals surface area contributed by atoms with Crippen molar-refractivity contribution >= 4 is 11.6 Å². The van der Waals surface area contributed by atoms with Crippen LogP contribution in [0.2, 0.25) is 5.02 Å². The molecular formula is C14H13ClFN.